The van der Waals surface area contributed by atoms with E-state index in [-0.39, 0.29) is 11.5 Å². The first-order valence-corrected chi connectivity index (χ1v) is 8.35. The first kappa shape index (κ1) is 16.5. The molecule has 0 aliphatic rings. The molecule has 24 heavy (non-hydrogen) atoms. The highest BCUT2D eigenvalue weighted by Gasteiger charge is 2.17. The summed E-state index contributed by atoms with van der Waals surface area (Å²) in [7, 11) is 0. The van der Waals surface area contributed by atoms with Gasteiger partial charge in [-0.3, -0.25) is 9.36 Å². The number of halogens is 1. The molecule has 0 N–H and O–H groups in total. The number of ether oxygens (including phenoxy) is 1. The van der Waals surface area contributed by atoms with Crippen molar-refractivity contribution in [3.63, 3.8) is 0 Å². The molecule has 0 saturated carbocycles. The lowest BCUT2D eigenvalue weighted by Crippen LogP contribution is -2.24. The van der Waals surface area contributed by atoms with Gasteiger partial charge < -0.3 is 4.74 Å². The van der Waals surface area contributed by atoms with Crippen molar-refractivity contribution in [2.45, 2.75) is 26.7 Å². The molecule has 0 unspecified atom stereocenters. The number of fused-ring (bicyclic) bond motifs is 1. The van der Waals surface area contributed by atoms with Crippen LogP contribution in [0.15, 0.2) is 47.3 Å². The second kappa shape index (κ2) is 6.65. The Morgan fingerprint density at radius 2 is 1.88 bits per heavy atom. The van der Waals surface area contributed by atoms with Crippen LogP contribution in [0, 0.1) is 0 Å². The largest absolute Gasteiger partial charge is 0.492 e. The van der Waals surface area contributed by atoms with Gasteiger partial charge in [0.05, 0.1) is 17.7 Å². The van der Waals surface area contributed by atoms with Crippen LogP contribution < -0.4 is 10.3 Å². The van der Waals surface area contributed by atoms with E-state index in [0.29, 0.717) is 34.1 Å². The van der Waals surface area contributed by atoms with Gasteiger partial charge in [0, 0.05) is 10.9 Å². The molecule has 0 bridgehead atoms. The molecule has 3 rings (SSSR count). The molecule has 0 aliphatic carbocycles. The van der Waals surface area contributed by atoms with Crippen molar-refractivity contribution in [1.29, 1.82) is 0 Å². The summed E-state index contributed by atoms with van der Waals surface area (Å²) in [5.74, 6) is 1.41. The number of aromatic nitrogens is 2. The van der Waals surface area contributed by atoms with Gasteiger partial charge in [0.1, 0.15) is 17.1 Å². The standard InChI is InChI=1S/C19H19ClN2O2/c1-4-24-16-7-5-6-15-17(16)21-18(12(2)3)22(19(15)23)14-10-8-13(20)9-11-14/h5-12H,4H2,1-3H3. The highest BCUT2D eigenvalue weighted by atomic mass is 35.5. The van der Waals surface area contributed by atoms with Gasteiger partial charge in [0.25, 0.3) is 5.56 Å². The fourth-order valence-electron chi connectivity index (χ4n) is 2.70. The van der Waals surface area contributed by atoms with Crippen LogP contribution in [0.4, 0.5) is 0 Å². The Bertz CT molecular complexity index is 930. The summed E-state index contributed by atoms with van der Waals surface area (Å²) >= 11 is 5.97. The summed E-state index contributed by atoms with van der Waals surface area (Å²) in [5, 5.41) is 1.17. The quantitative estimate of drug-likeness (QED) is 0.698. The Balaban J connectivity index is 2.37. The third-order valence-electron chi connectivity index (χ3n) is 3.79. The van der Waals surface area contributed by atoms with E-state index in [1.54, 1.807) is 22.8 Å². The Labute approximate surface area is 145 Å². The number of nitrogens with zero attached hydrogens (tertiary/aromatic N) is 2. The van der Waals surface area contributed by atoms with Crippen LogP contribution in [0.25, 0.3) is 16.6 Å². The zero-order chi connectivity index (χ0) is 17.3. The van der Waals surface area contributed by atoms with Crippen molar-refractivity contribution < 1.29 is 4.74 Å². The van der Waals surface area contributed by atoms with Crippen molar-refractivity contribution in [2.75, 3.05) is 6.61 Å². The molecule has 5 heteroatoms. The van der Waals surface area contributed by atoms with E-state index in [0.717, 1.165) is 5.69 Å². The maximum absolute atomic E-state index is 13.1. The molecule has 0 aliphatic heterocycles. The second-order valence-corrected chi connectivity index (χ2v) is 6.26. The fourth-order valence-corrected chi connectivity index (χ4v) is 2.82. The predicted octanol–water partition coefficient (Wildman–Crippen LogP) is 4.56. The van der Waals surface area contributed by atoms with Crippen LogP contribution in [0.1, 0.15) is 32.5 Å². The Hall–Kier alpha value is -2.33. The van der Waals surface area contributed by atoms with Crippen molar-refractivity contribution in [3.05, 3.63) is 63.7 Å². The molecule has 1 aromatic heterocycles. The summed E-state index contributed by atoms with van der Waals surface area (Å²) < 4.78 is 7.29. The van der Waals surface area contributed by atoms with Crippen molar-refractivity contribution >= 4 is 22.5 Å². The summed E-state index contributed by atoms with van der Waals surface area (Å²) in [4.78, 5) is 17.9. The number of hydrogen-bond donors (Lipinski definition) is 0. The van der Waals surface area contributed by atoms with Crippen LogP contribution in [-0.4, -0.2) is 16.2 Å². The smallest absolute Gasteiger partial charge is 0.266 e. The predicted molar refractivity (Wildman–Crippen MR) is 97.6 cm³/mol. The third kappa shape index (κ3) is 2.89. The minimum Gasteiger partial charge on any atom is -0.492 e. The zero-order valence-corrected chi connectivity index (χ0v) is 14.7. The van der Waals surface area contributed by atoms with E-state index in [1.165, 1.54) is 0 Å². The Morgan fingerprint density at radius 1 is 1.17 bits per heavy atom. The maximum atomic E-state index is 13.1. The van der Waals surface area contributed by atoms with Gasteiger partial charge in [-0.15, -0.1) is 0 Å². The van der Waals surface area contributed by atoms with Crippen LogP contribution >= 0.6 is 11.6 Å². The number of para-hydroxylation sites is 1. The Morgan fingerprint density at radius 3 is 2.50 bits per heavy atom. The van der Waals surface area contributed by atoms with Gasteiger partial charge in [0.2, 0.25) is 0 Å². The summed E-state index contributed by atoms with van der Waals surface area (Å²) in [5.41, 5.74) is 1.26. The lowest BCUT2D eigenvalue weighted by molar-refractivity contribution is 0.343. The van der Waals surface area contributed by atoms with Crippen molar-refractivity contribution in [1.82, 2.24) is 9.55 Å². The molecule has 2 aromatic carbocycles. The van der Waals surface area contributed by atoms with Gasteiger partial charge in [-0.2, -0.15) is 0 Å². The SMILES string of the molecule is CCOc1cccc2c(=O)n(-c3ccc(Cl)cc3)c(C(C)C)nc12. The van der Waals surface area contributed by atoms with E-state index in [2.05, 4.69) is 0 Å². The molecule has 0 radical (unpaired) electrons. The molecule has 0 spiro atoms. The average molecular weight is 343 g/mol. The van der Waals surface area contributed by atoms with Gasteiger partial charge in [0.15, 0.2) is 0 Å². The number of hydrogen-bond acceptors (Lipinski definition) is 3. The second-order valence-electron chi connectivity index (χ2n) is 5.83. The molecule has 0 amide bonds. The first-order valence-electron chi connectivity index (χ1n) is 7.97. The molecule has 0 saturated heterocycles. The summed E-state index contributed by atoms with van der Waals surface area (Å²) in [6.07, 6.45) is 0. The molecule has 0 atom stereocenters. The molecule has 4 nitrogen and oxygen atoms in total. The van der Waals surface area contributed by atoms with E-state index in [4.69, 9.17) is 21.3 Å². The van der Waals surface area contributed by atoms with Crippen LogP contribution in [-0.2, 0) is 0 Å². The van der Waals surface area contributed by atoms with E-state index in [9.17, 15) is 4.79 Å². The lowest BCUT2D eigenvalue weighted by atomic mass is 10.1. The van der Waals surface area contributed by atoms with Crippen LogP contribution in [0.3, 0.4) is 0 Å². The maximum Gasteiger partial charge on any atom is 0.266 e. The highest BCUT2D eigenvalue weighted by molar-refractivity contribution is 6.30. The van der Waals surface area contributed by atoms with Crippen LogP contribution in [0.2, 0.25) is 5.02 Å². The van der Waals surface area contributed by atoms with Gasteiger partial charge >= 0.3 is 0 Å². The lowest BCUT2D eigenvalue weighted by Gasteiger charge is -2.17. The topological polar surface area (TPSA) is 44.1 Å². The molecular formula is C19H19ClN2O2. The van der Waals surface area contributed by atoms with Gasteiger partial charge in [-0.1, -0.05) is 31.5 Å². The first-order chi connectivity index (χ1) is 11.5. The van der Waals surface area contributed by atoms with E-state index < -0.39 is 0 Å². The fraction of sp³-hybridized carbons (Fsp3) is 0.263. The highest BCUT2D eigenvalue weighted by Crippen LogP contribution is 2.25. The Kier molecular flexibility index (Phi) is 4.58. The van der Waals surface area contributed by atoms with Crippen molar-refractivity contribution in [3.8, 4) is 11.4 Å². The van der Waals surface area contributed by atoms with Gasteiger partial charge in [-0.25, -0.2) is 4.98 Å². The molecule has 0 fully saturated rings. The van der Waals surface area contributed by atoms with Crippen LogP contribution in [0.5, 0.6) is 5.75 Å². The summed E-state index contributed by atoms with van der Waals surface area (Å²) in [6, 6.07) is 12.6. The monoisotopic (exact) mass is 342 g/mol. The number of benzene rings is 2. The van der Waals surface area contributed by atoms with Gasteiger partial charge in [-0.05, 0) is 43.3 Å². The zero-order valence-electron chi connectivity index (χ0n) is 13.9. The van der Waals surface area contributed by atoms with E-state index >= 15 is 0 Å². The molecule has 124 valence electrons. The van der Waals surface area contributed by atoms with E-state index in [1.807, 2.05) is 45.0 Å². The minimum atomic E-state index is -0.104. The molecule has 1 heterocycles. The van der Waals surface area contributed by atoms with Crippen molar-refractivity contribution in [2.24, 2.45) is 0 Å². The molecular weight excluding hydrogens is 324 g/mol. The average Bonchev–Trinajstić information content (AvgIpc) is 2.56. The normalized spacial score (nSPS) is 11.2. The minimum absolute atomic E-state index is 0.0764. The third-order valence-corrected chi connectivity index (χ3v) is 4.04. The summed E-state index contributed by atoms with van der Waals surface area (Å²) in [6.45, 7) is 6.47. The number of rotatable bonds is 4. The molecule has 3 aromatic rings.